The zero-order chi connectivity index (χ0) is 14.6. The van der Waals surface area contributed by atoms with Crippen molar-refractivity contribution in [1.82, 2.24) is 4.90 Å². The lowest BCUT2D eigenvalue weighted by molar-refractivity contribution is -0.385. The summed E-state index contributed by atoms with van der Waals surface area (Å²) in [5.74, 6) is -1.22. The molecule has 1 N–H and O–H groups in total. The SMILES string of the molecule is CC(CC#N)N(C)C(=O)c1cccc([N+](=O)[O-])c1O. The molecule has 0 fully saturated rings. The van der Waals surface area contributed by atoms with Crippen LogP contribution in [0.4, 0.5) is 5.69 Å². The van der Waals surface area contributed by atoms with E-state index in [0.717, 1.165) is 6.07 Å². The van der Waals surface area contributed by atoms with Gasteiger partial charge in [-0.2, -0.15) is 5.26 Å². The molecule has 0 aliphatic heterocycles. The average Bonchev–Trinajstić information content (AvgIpc) is 2.37. The molecule has 0 saturated carbocycles. The monoisotopic (exact) mass is 263 g/mol. The van der Waals surface area contributed by atoms with Crippen molar-refractivity contribution in [3.8, 4) is 11.8 Å². The molecular formula is C12H13N3O4. The van der Waals surface area contributed by atoms with Crippen LogP contribution in [0.2, 0.25) is 0 Å². The van der Waals surface area contributed by atoms with E-state index in [1.807, 2.05) is 6.07 Å². The smallest absolute Gasteiger partial charge is 0.311 e. The number of hydrogen-bond donors (Lipinski definition) is 1. The summed E-state index contributed by atoms with van der Waals surface area (Å²) in [6.45, 7) is 1.68. The molecule has 0 aliphatic rings. The highest BCUT2D eigenvalue weighted by atomic mass is 16.6. The maximum absolute atomic E-state index is 12.1. The van der Waals surface area contributed by atoms with Gasteiger partial charge in [0.25, 0.3) is 5.91 Å². The predicted molar refractivity (Wildman–Crippen MR) is 66.5 cm³/mol. The number of phenolic OH excluding ortho intramolecular Hbond substituents is 1. The number of para-hydroxylation sites is 1. The third-order valence-electron chi connectivity index (χ3n) is 2.81. The molecule has 19 heavy (non-hydrogen) atoms. The number of nitrogens with zero attached hydrogens (tertiary/aromatic N) is 3. The minimum Gasteiger partial charge on any atom is -0.502 e. The van der Waals surface area contributed by atoms with Crippen LogP contribution in [0.25, 0.3) is 0 Å². The first kappa shape index (κ1) is 14.4. The molecule has 0 heterocycles. The average molecular weight is 263 g/mol. The van der Waals surface area contributed by atoms with Gasteiger partial charge < -0.3 is 10.0 Å². The van der Waals surface area contributed by atoms with E-state index in [-0.39, 0.29) is 18.0 Å². The van der Waals surface area contributed by atoms with E-state index in [1.165, 1.54) is 24.1 Å². The Balaban J connectivity index is 3.11. The minimum atomic E-state index is -0.759. The first-order chi connectivity index (χ1) is 8.90. The van der Waals surface area contributed by atoms with Gasteiger partial charge >= 0.3 is 5.69 Å². The summed E-state index contributed by atoms with van der Waals surface area (Å²) in [4.78, 5) is 23.3. The van der Waals surface area contributed by atoms with Crippen molar-refractivity contribution in [3.05, 3.63) is 33.9 Å². The second-order valence-corrected chi connectivity index (χ2v) is 4.06. The number of nitro groups is 1. The van der Waals surface area contributed by atoms with Crippen LogP contribution < -0.4 is 0 Å². The molecule has 0 radical (unpaired) electrons. The Morgan fingerprint density at radius 1 is 1.63 bits per heavy atom. The zero-order valence-corrected chi connectivity index (χ0v) is 10.5. The van der Waals surface area contributed by atoms with Crippen molar-refractivity contribution >= 4 is 11.6 Å². The van der Waals surface area contributed by atoms with Crippen LogP contribution in [0, 0.1) is 21.4 Å². The number of amides is 1. The number of nitriles is 1. The Kier molecular flexibility index (Phi) is 4.42. The van der Waals surface area contributed by atoms with Crippen LogP contribution in [0.5, 0.6) is 5.75 Å². The third-order valence-corrected chi connectivity index (χ3v) is 2.81. The van der Waals surface area contributed by atoms with Crippen molar-refractivity contribution in [3.63, 3.8) is 0 Å². The molecule has 1 unspecified atom stereocenters. The lowest BCUT2D eigenvalue weighted by Crippen LogP contribution is -2.34. The predicted octanol–water partition coefficient (Wildman–Crippen LogP) is 1.67. The fourth-order valence-electron chi connectivity index (χ4n) is 1.51. The molecule has 0 saturated heterocycles. The van der Waals surface area contributed by atoms with Gasteiger partial charge in [0, 0.05) is 19.2 Å². The Morgan fingerprint density at radius 3 is 2.79 bits per heavy atom. The maximum Gasteiger partial charge on any atom is 0.311 e. The Hall–Kier alpha value is -2.62. The molecule has 7 heteroatoms. The fraction of sp³-hybridized carbons (Fsp3) is 0.333. The van der Waals surface area contributed by atoms with Gasteiger partial charge in [0.15, 0.2) is 0 Å². The van der Waals surface area contributed by atoms with E-state index in [9.17, 15) is 20.0 Å². The van der Waals surface area contributed by atoms with Gasteiger partial charge in [-0.15, -0.1) is 0 Å². The number of nitro benzene ring substituents is 1. The van der Waals surface area contributed by atoms with Gasteiger partial charge in [0.05, 0.1) is 23.0 Å². The number of benzene rings is 1. The van der Waals surface area contributed by atoms with Crippen molar-refractivity contribution in [1.29, 1.82) is 5.26 Å². The summed E-state index contributed by atoms with van der Waals surface area (Å²) in [5.41, 5.74) is -0.673. The van der Waals surface area contributed by atoms with Crippen molar-refractivity contribution in [2.45, 2.75) is 19.4 Å². The van der Waals surface area contributed by atoms with Gasteiger partial charge in [-0.1, -0.05) is 6.07 Å². The highest BCUT2D eigenvalue weighted by molar-refractivity contribution is 5.98. The number of phenols is 1. The molecule has 7 nitrogen and oxygen atoms in total. The van der Waals surface area contributed by atoms with Gasteiger partial charge in [-0.25, -0.2) is 0 Å². The number of carbonyl (C=O) groups excluding carboxylic acids is 1. The van der Waals surface area contributed by atoms with E-state index in [4.69, 9.17) is 5.26 Å². The van der Waals surface area contributed by atoms with Gasteiger partial charge in [0.2, 0.25) is 5.75 Å². The summed E-state index contributed by atoms with van der Waals surface area (Å²) < 4.78 is 0. The van der Waals surface area contributed by atoms with Crippen LogP contribution in [0.15, 0.2) is 18.2 Å². The normalized spacial score (nSPS) is 11.4. The van der Waals surface area contributed by atoms with Crippen molar-refractivity contribution in [2.24, 2.45) is 0 Å². The quantitative estimate of drug-likeness (QED) is 0.656. The van der Waals surface area contributed by atoms with Crippen LogP contribution in [0.1, 0.15) is 23.7 Å². The summed E-state index contributed by atoms with van der Waals surface area (Å²) in [7, 11) is 1.47. The van der Waals surface area contributed by atoms with Gasteiger partial charge in [0.1, 0.15) is 0 Å². The molecular weight excluding hydrogens is 250 g/mol. The van der Waals surface area contributed by atoms with E-state index in [2.05, 4.69) is 0 Å². The second-order valence-electron chi connectivity index (χ2n) is 4.06. The van der Waals surface area contributed by atoms with Gasteiger partial charge in [-0.05, 0) is 13.0 Å². The van der Waals surface area contributed by atoms with Gasteiger partial charge in [-0.3, -0.25) is 14.9 Å². The molecule has 1 amide bonds. The molecule has 1 aromatic rings. The lowest BCUT2D eigenvalue weighted by Gasteiger charge is -2.23. The molecule has 0 bridgehead atoms. The highest BCUT2D eigenvalue weighted by Crippen LogP contribution is 2.30. The Labute approximate surface area is 109 Å². The van der Waals surface area contributed by atoms with Crippen LogP contribution in [-0.2, 0) is 0 Å². The van der Waals surface area contributed by atoms with E-state index in [0.29, 0.717) is 0 Å². The second kappa shape index (κ2) is 5.82. The summed E-state index contributed by atoms with van der Waals surface area (Å²) in [6.07, 6.45) is 0.137. The molecule has 0 spiro atoms. The molecule has 1 aromatic carbocycles. The Bertz CT molecular complexity index is 550. The summed E-state index contributed by atoms with van der Waals surface area (Å²) in [6, 6.07) is 5.33. The van der Waals surface area contributed by atoms with Crippen LogP contribution in [0.3, 0.4) is 0 Å². The summed E-state index contributed by atoms with van der Waals surface area (Å²) in [5, 5.41) is 29.0. The first-order valence-electron chi connectivity index (χ1n) is 5.50. The largest absolute Gasteiger partial charge is 0.502 e. The number of hydrogen-bond acceptors (Lipinski definition) is 5. The molecule has 0 aliphatic carbocycles. The van der Waals surface area contributed by atoms with E-state index in [1.54, 1.807) is 6.92 Å². The van der Waals surface area contributed by atoms with Crippen LogP contribution in [-0.4, -0.2) is 33.9 Å². The van der Waals surface area contributed by atoms with Crippen molar-refractivity contribution < 1.29 is 14.8 Å². The fourth-order valence-corrected chi connectivity index (χ4v) is 1.51. The lowest BCUT2D eigenvalue weighted by atomic mass is 10.1. The van der Waals surface area contributed by atoms with E-state index >= 15 is 0 Å². The topological polar surface area (TPSA) is 107 Å². The maximum atomic E-state index is 12.1. The highest BCUT2D eigenvalue weighted by Gasteiger charge is 2.25. The minimum absolute atomic E-state index is 0.137. The Morgan fingerprint density at radius 2 is 2.26 bits per heavy atom. The first-order valence-corrected chi connectivity index (χ1v) is 5.50. The third kappa shape index (κ3) is 2.98. The van der Waals surface area contributed by atoms with E-state index < -0.39 is 22.3 Å². The molecule has 1 atom stereocenters. The molecule has 1 rings (SSSR count). The zero-order valence-electron chi connectivity index (χ0n) is 10.5. The standard InChI is InChI=1S/C12H13N3O4/c1-8(6-7-13)14(2)12(17)9-4-3-5-10(11(9)16)15(18)19/h3-5,8,16H,6H2,1-2H3. The number of rotatable bonds is 4. The number of carbonyl (C=O) groups is 1. The number of aromatic hydroxyl groups is 1. The molecule has 0 aromatic heterocycles. The van der Waals surface area contributed by atoms with Crippen molar-refractivity contribution in [2.75, 3.05) is 7.05 Å². The van der Waals surface area contributed by atoms with Crippen LogP contribution >= 0.6 is 0 Å². The molecule has 100 valence electrons. The summed E-state index contributed by atoms with van der Waals surface area (Å²) >= 11 is 0.